The van der Waals surface area contributed by atoms with E-state index in [0.29, 0.717) is 11.3 Å². The minimum absolute atomic E-state index is 0.0430. The van der Waals surface area contributed by atoms with Crippen molar-refractivity contribution in [2.75, 3.05) is 0 Å². The van der Waals surface area contributed by atoms with E-state index in [9.17, 15) is 0 Å². The molecular formula is C15H26N2. The second-order valence-corrected chi connectivity index (χ2v) is 6.88. The molecule has 2 aliphatic rings. The van der Waals surface area contributed by atoms with Crippen molar-refractivity contribution >= 4 is 0 Å². The van der Waals surface area contributed by atoms with Gasteiger partial charge in [0.15, 0.2) is 0 Å². The molecule has 2 nitrogen and oxygen atoms in total. The van der Waals surface area contributed by atoms with Gasteiger partial charge in [0, 0.05) is 6.04 Å². The van der Waals surface area contributed by atoms with Crippen LogP contribution in [0.15, 0.2) is 24.3 Å². The van der Waals surface area contributed by atoms with Gasteiger partial charge in [0.05, 0.1) is 5.54 Å². The first-order chi connectivity index (χ1) is 7.83. The van der Waals surface area contributed by atoms with Gasteiger partial charge in [-0.3, -0.25) is 0 Å². The van der Waals surface area contributed by atoms with Crippen molar-refractivity contribution in [2.45, 2.75) is 51.6 Å². The van der Waals surface area contributed by atoms with Crippen molar-refractivity contribution in [3.63, 3.8) is 0 Å². The van der Waals surface area contributed by atoms with E-state index in [0.717, 1.165) is 5.92 Å². The summed E-state index contributed by atoms with van der Waals surface area (Å²) in [5.41, 5.74) is 12.9. The number of allylic oxidation sites excluding steroid dienone is 2. The van der Waals surface area contributed by atoms with Crippen LogP contribution in [0.4, 0.5) is 0 Å². The van der Waals surface area contributed by atoms with Crippen LogP contribution in [-0.2, 0) is 0 Å². The lowest BCUT2D eigenvalue weighted by atomic mass is 9.60. The third-order valence-corrected chi connectivity index (χ3v) is 4.49. The molecule has 96 valence electrons. The normalized spacial score (nSPS) is 44.9. The quantitative estimate of drug-likeness (QED) is 0.732. The molecule has 0 aromatic heterocycles. The van der Waals surface area contributed by atoms with Crippen molar-refractivity contribution in [3.05, 3.63) is 24.3 Å². The van der Waals surface area contributed by atoms with E-state index in [2.05, 4.69) is 32.9 Å². The minimum atomic E-state index is -0.347. The van der Waals surface area contributed by atoms with Gasteiger partial charge in [-0.1, -0.05) is 45.1 Å². The zero-order valence-electron chi connectivity index (χ0n) is 11.3. The summed E-state index contributed by atoms with van der Waals surface area (Å²) in [5.74, 6) is 1.24. The van der Waals surface area contributed by atoms with E-state index in [-0.39, 0.29) is 11.6 Å². The van der Waals surface area contributed by atoms with Gasteiger partial charge in [-0.15, -0.1) is 0 Å². The predicted octanol–water partition coefficient (Wildman–Crippen LogP) is 2.60. The van der Waals surface area contributed by atoms with Crippen LogP contribution >= 0.6 is 0 Å². The summed E-state index contributed by atoms with van der Waals surface area (Å²) in [4.78, 5) is 0. The minimum Gasteiger partial charge on any atom is -0.323 e. The van der Waals surface area contributed by atoms with Gasteiger partial charge in [0.1, 0.15) is 0 Å². The van der Waals surface area contributed by atoms with Gasteiger partial charge in [-0.05, 0) is 36.5 Å². The Hall–Kier alpha value is -0.600. The zero-order valence-corrected chi connectivity index (χ0v) is 11.3. The van der Waals surface area contributed by atoms with E-state index in [4.69, 9.17) is 11.5 Å². The van der Waals surface area contributed by atoms with Gasteiger partial charge < -0.3 is 11.5 Å². The molecule has 0 aromatic rings. The fourth-order valence-corrected chi connectivity index (χ4v) is 3.82. The number of nitrogens with two attached hydrogens (primary N) is 2. The van der Waals surface area contributed by atoms with Crippen LogP contribution in [0.5, 0.6) is 0 Å². The van der Waals surface area contributed by atoms with Crippen LogP contribution in [0.2, 0.25) is 0 Å². The van der Waals surface area contributed by atoms with Crippen LogP contribution in [0, 0.1) is 17.3 Å². The highest BCUT2D eigenvalue weighted by Gasteiger charge is 2.44. The Balaban J connectivity index is 2.21. The summed E-state index contributed by atoms with van der Waals surface area (Å²) in [7, 11) is 0. The van der Waals surface area contributed by atoms with Gasteiger partial charge in [0.2, 0.25) is 0 Å². The molecule has 0 amide bonds. The summed E-state index contributed by atoms with van der Waals surface area (Å²) in [6.07, 6.45) is 11.9. The molecule has 1 fully saturated rings. The third-order valence-electron chi connectivity index (χ3n) is 4.49. The van der Waals surface area contributed by atoms with Crippen molar-refractivity contribution in [1.29, 1.82) is 0 Å². The largest absolute Gasteiger partial charge is 0.323 e. The average Bonchev–Trinajstić information content (AvgIpc) is 2.19. The number of hydrogen-bond acceptors (Lipinski definition) is 2. The van der Waals surface area contributed by atoms with E-state index >= 15 is 0 Å². The highest BCUT2D eigenvalue weighted by molar-refractivity contribution is 5.28. The maximum Gasteiger partial charge on any atom is 0.0561 e. The molecule has 0 heterocycles. The Morgan fingerprint density at radius 3 is 2.47 bits per heavy atom. The van der Waals surface area contributed by atoms with Gasteiger partial charge in [-0.25, -0.2) is 0 Å². The molecule has 0 aliphatic heterocycles. The van der Waals surface area contributed by atoms with Crippen LogP contribution in [-0.4, -0.2) is 11.6 Å². The Kier molecular flexibility index (Phi) is 3.21. The molecule has 2 heteroatoms. The summed E-state index contributed by atoms with van der Waals surface area (Å²) < 4.78 is 0. The molecule has 1 saturated carbocycles. The Bertz CT molecular complexity index is 343. The Morgan fingerprint density at radius 2 is 1.88 bits per heavy atom. The molecule has 0 aromatic carbocycles. The maximum absolute atomic E-state index is 6.60. The van der Waals surface area contributed by atoms with Crippen LogP contribution in [0.3, 0.4) is 0 Å². The Labute approximate surface area is 105 Å². The van der Waals surface area contributed by atoms with Gasteiger partial charge in [-0.2, -0.15) is 0 Å². The lowest BCUT2D eigenvalue weighted by molar-refractivity contribution is 0.0906. The average molecular weight is 234 g/mol. The molecule has 0 saturated heterocycles. The molecule has 17 heavy (non-hydrogen) atoms. The number of hydrogen-bond donors (Lipinski definition) is 2. The molecular weight excluding hydrogens is 208 g/mol. The molecule has 2 rings (SSSR count). The Morgan fingerprint density at radius 1 is 1.18 bits per heavy atom. The standard InChI is InChI=1S/C15H26N2/c1-11-8-12(10-14(2,3)9-11)15(17)7-5-4-6-13(15)16/h4-7,11-13H,8-10,16-17H2,1-3H3/t11-,12+,13?,15?/m1/s1. The highest BCUT2D eigenvalue weighted by atomic mass is 14.9. The molecule has 0 spiro atoms. The summed E-state index contributed by atoms with van der Waals surface area (Å²) in [6, 6.07) is -0.0430. The SMILES string of the molecule is C[C@@H]1C[C@H](C2(N)C=CC=CC2N)CC(C)(C)C1. The fraction of sp³-hybridized carbons (Fsp3) is 0.733. The van der Waals surface area contributed by atoms with Gasteiger partial charge in [0.25, 0.3) is 0 Å². The molecule has 0 bridgehead atoms. The molecule has 4 N–H and O–H groups in total. The lowest BCUT2D eigenvalue weighted by Gasteiger charge is -2.48. The first-order valence-electron chi connectivity index (χ1n) is 6.74. The highest BCUT2D eigenvalue weighted by Crippen LogP contribution is 2.46. The van der Waals surface area contributed by atoms with E-state index < -0.39 is 0 Å². The summed E-state index contributed by atoms with van der Waals surface area (Å²) in [6.45, 7) is 7.05. The van der Waals surface area contributed by atoms with Crippen molar-refractivity contribution in [1.82, 2.24) is 0 Å². The van der Waals surface area contributed by atoms with E-state index in [1.54, 1.807) is 0 Å². The number of rotatable bonds is 1. The van der Waals surface area contributed by atoms with Crippen molar-refractivity contribution < 1.29 is 0 Å². The second-order valence-electron chi connectivity index (χ2n) is 6.88. The van der Waals surface area contributed by atoms with Crippen LogP contribution < -0.4 is 11.5 Å². The zero-order chi connectivity index (χ0) is 12.7. The first-order valence-corrected chi connectivity index (χ1v) is 6.74. The fourth-order valence-electron chi connectivity index (χ4n) is 3.82. The van der Waals surface area contributed by atoms with Crippen molar-refractivity contribution in [3.8, 4) is 0 Å². The third kappa shape index (κ3) is 2.48. The summed E-state index contributed by atoms with van der Waals surface area (Å²) >= 11 is 0. The van der Waals surface area contributed by atoms with Crippen LogP contribution in [0.25, 0.3) is 0 Å². The molecule has 2 unspecified atom stereocenters. The topological polar surface area (TPSA) is 52.0 Å². The van der Waals surface area contributed by atoms with E-state index in [1.807, 2.05) is 12.2 Å². The lowest BCUT2D eigenvalue weighted by Crippen LogP contribution is -2.60. The molecule has 0 radical (unpaired) electrons. The molecule has 4 atom stereocenters. The molecule has 2 aliphatic carbocycles. The summed E-state index contributed by atoms with van der Waals surface area (Å²) in [5, 5.41) is 0. The maximum atomic E-state index is 6.60. The van der Waals surface area contributed by atoms with Crippen molar-refractivity contribution in [2.24, 2.45) is 28.7 Å². The second kappa shape index (κ2) is 4.25. The van der Waals surface area contributed by atoms with Crippen LogP contribution in [0.1, 0.15) is 40.0 Å². The van der Waals surface area contributed by atoms with Gasteiger partial charge >= 0.3 is 0 Å². The smallest absolute Gasteiger partial charge is 0.0561 e. The first kappa shape index (κ1) is 12.8. The predicted molar refractivity (Wildman–Crippen MR) is 73.5 cm³/mol. The van der Waals surface area contributed by atoms with E-state index in [1.165, 1.54) is 19.3 Å². The monoisotopic (exact) mass is 234 g/mol.